The molecule has 0 radical (unpaired) electrons. The molecule has 2 atom stereocenters. The summed E-state index contributed by atoms with van der Waals surface area (Å²) in [5.41, 5.74) is 6.03. The van der Waals surface area contributed by atoms with Gasteiger partial charge in [0.1, 0.15) is 0 Å². The van der Waals surface area contributed by atoms with Crippen LogP contribution in [0.3, 0.4) is 0 Å². The monoisotopic (exact) mass is 201 g/mol. The molecule has 1 rings (SSSR count). The first-order valence-electron chi connectivity index (χ1n) is 5.79. The average Bonchev–Trinajstić information content (AvgIpc) is 2.39. The van der Waals surface area contributed by atoms with Gasteiger partial charge in [0.15, 0.2) is 0 Å². The minimum Gasteiger partial charge on any atom is -0.379 e. The van der Waals surface area contributed by atoms with Crippen LogP contribution in [0.4, 0.5) is 0 Å². The summed E-state index contributed by atoms with van der Waals surface area (Å²) in [5.74, 6) is 0. The third-order valence-corrected chi connectivity index (χ3v) is 2.77. The van der Waals surface area contributed by atoms with Gasteiger partial charge in [0, 0.05) is 12.6 Å². The predicted molar refractivity (Wildman–Crippen MR) is 57.3 cm³/mol. The van der Waals surface area contributed by atoms with Crippen molar-refractivity contribution in [2.75, 3.05) is 19.8 Å². The quantitative estimate of drug-likeness (QED) is 0.544. The van der Waals surface area contributed by atoms with Gasteiger partial charge in [-0.2, -0.15) is 0 Å². The smallest absolute Gasteiger partial charge is 0.0727 e. The standard InChI is InChI=1S/C11H23NO2/c1-2-13-8-9-14-11-7-5-3-4-6-10(11)12/h10-11H,2-9,12H2,1H3. The zero-order chi connectivity index (χ0) is 10.2. The highest BCUT2D eigenvalue weighted by Crippen LogP contribution is 2.18. The van der Waals surface area contributed by atoms with E-state index in [4.69, 9.17) is 15.2 Å². The van der Waals surface area contributed by atoms with Crippen LogP contribution < -0.4 is 5.73 Å². The molecule has 1 aliphatic carbocycles. The summed E-state index contributed by atoms with van der Waals surface area (Å²) in [7, 11) is 0. The van der Waals surface area contributed by atoms with E-state index in [9.17, 15) is 0 Å². The Morgan fingerprint density at radius 2 is 1.93 bits per heavy atom. The average molecular weight is 201 g/mol. The van der Waals surface area contributed by atoms with Gasteiger partial charge in [-0.05, 0) is 19.8 Å². The second-order valence-corrected chi connectivity index (χ2v) is 3.91. The van der Waals surface area contributed by atoms with E-state index in [0.29, 0.717) is 13.2 Å². The lowest BCUT2D eigenvalue weighted by Crippen LogP contribution is -2.36. The highest BCUT2D eigenvalue weighted by molar-refractivity contribution is 4.76. The molecule has 14 heavy (non-hydrogen) atoms. The maximum absolute atomic E-state index is 6.03. The molecule has 3 heteroatoms. The van der Waals surface area contributed by atoms with Gasteiger partial charge in [-0.3, -0.25) is 0 Å². The van der Waals surface area contributed by atoms with Crippen molar-refractivity contribution in [2.24, 2.45) is 5.73 Å². The number of rotatable bonds is 5. The summed E-state index contributed by atoms with van der Waals surface area (Å²) < 4.78 is 11.0. The van der Waals surface area contributed by atoms with Crippen molar-refractivity contribution < 1.29 is 9.47 Å². The first-order chi connectivity index (χ1) is 6.84. The molecule has 0 aromatic heterocycles. The van der Waals surface area contributed by atoms with Crippen LogP contribution in [0.15, 0.2) is 0 Å². The van der Waals surface area contributed by atoms with Gasteiger partial charge in [0.2, 0.25) is 0 Å². The summed E-state index contributed by atoms with van der Waals surface area (Å²) in [6.07, 6.45) is 6.31. The zero-order valence-corrected chi connectivity index (χ0v) is 9.21. The summed E-state index contributed by atoms with van der Waals surface area (Å²) in [6, 6.07) is 0.235. The molecule has 1 fully saturated rings. The van der Waals surface area contributed by atoms with Crippen molar-refractivity contribution in [2.45, 2.75) is 51.2 Å². The van der Waals surface area contributed by atoms with Crippen LogP contribution in [0, 0.1) is 0 Å². The molecular weight excluding hydrogens is 178 g/mol. The Kier molecular flexibility index (Phi) is 6.15. The van der Waals surface area contributed by atoms with Crippen molar-refractivity contribution in [3.63, 3.8) is 0 Å². The molecule has 0 spiro atoms. The van der Waals surface area contributed by atoms with Crippen molar-refractivity contribution >= 4 is 0 Å². The lowest BCUT2D eigenvalue weighted by Gasteiger charge is -2.21. The van der Waals surface area contributed by atoms with E-state index in [-0.39, 0.29) is 12.1 Å². The molecule has 2 N–H and O–H groups in total. The van der Waals surface area contributed by atoms with Crippen molar-refractivity contribution in [3.05, 3.63) is 0 Å². The molecular formula is C11H23NO2. The Bertz CT molecular complexity index is 141. The zero-order valence-electron chi connectivity index (χ0n) is 9.21. The van der Waals surface area contributed by atoms with Crippen molar-refractivity contribution in [1.82, 2.24) is 0 Å². The molecule has 0 bridgehead atoms. The van der Waals surface area contributed by atoms with Crippen LogP contribution in [0.2, 0.25) is 0 Å². The molecule has 0 aromatic rings. The normalized spacial score (nSPS) is 28.7. The minimum absolute atomic E-state index is 0.235. The van der Waals surface area contributed by atoms with Crippen LogP contribution in [-0.4, -0.2) is 32.0 Å². The van der Waals surface area contributed by atoms with E-state index in [2.05, 4.69) is 0 Å². The number of hydrogen-bond acceptors (Lipinski definition) is 3. The third-order valence-electron chi connectivity index (χ3n) is 2.77. The van der Waals surface area contributed by atoms with Crippen LogP contribution in [0.25, 0.3) is 0 Å². The Morgan fingerprint density at radius 1 is 1.14 bits per heavy atom. The summed E-state index contributed by atoms with van der Waals surface area (Å²) in [4.78, 5) is 0. The van der Waals surface area contributed by atoms with Crippen LogP contribution in [0.1, 0.15) is 39.0 Å². The number of ether oxygens (including phenoxy) is 2. The topological polar surface area (TPSA) is 44.5 Å². The molecule has 1 saturated carbocycles. The molecule has 0 aliphatic heterocycles. The molecule has 0 amide bonds. The SMILES string of the molecule is CCOCCOC1CCCCCC1N. The largest absolute Gasteiger partial charge is 0.379 e. The number of hydrogen-bond donors (Lipinski definition) is 1. The van der Waals surface area contributed by atoms with Crippen molar-refractivity contribution in [3.8, 4) is 0 Å². The van der Waals surface area contributed by atoms with Gasteiger partial charge in [-0.25, -0.2) is 0 Å². The third kappa shape index (κ3) is 4.40. The fourth-order valence-electron chi connectivity index (χ4n) is 1.91. The first kappa shape index (κ1) is 12.0. The molecule has 1 aliphatic rings. The highest BCUT2D eigenvalue weighted by Gasteiger charge is 2.20. The van der Waals surface area contributed by atoms with Gasteiger partial charge in [-0.15, -0.1) is 0 Å². The maximum atomic E-state index is 6.03. The Morgan fingerprint density at radius 3 is 2.71 bits per heavy atom. The van der Waals surface area contributed by atoms with E-state index < -0.39 is 0 Å². The molecule has 2 unspecified atom stereocenters. The molecule has 0 heterocycles. The second kappa shape index (κ2) is 7.21. The Balaban J connectivity index is 2.13. The predicted octanol–water partition coefficient (Wildman–Crippen LogP) is 1.70. The summed E-state index contributed by atoms with van der Waals surface area (Å²) in [5, 5.41) is 0. The van der Waals surface area contributed by atoms with Gasteiger partial charge >= 0.3 is 0 Å². The van der Waals surface area contributed by atoms with Gasteiger partial charge in [-0.1, -0.05) is 19.3 Å². The van der Waals surface area contributed by atoms with E-state index >= 15 is 0 Å². The summed E-state index contributed by atoms with van der Waals surface area (Å²) >= 11 is 0. The van der Waals surface area contributed by atoms with Crippen molar-refractivity contribution in [1.29, 1.82) is 0 Å². The van der Waals surface area contributed by atoms with Crippen LogP contribution >= 0.6 is 0 Å². The molecule has 3 nitrogen and oxygen atoms in total. The highest BCUT2D eigenvalue weighted by atomic mass is 16.5. The van der Waals surface area contributed by atoms with Gasteiger partial charge in [0.05, 0.1) is 19.3 Å². The molecule has 0 aromatic carbocycles. The second-order valence-electron chi connectivity index (χ2n) is 3.91. The van der Waals surface area contributed by atoms with E-state index in [1.807, 2.05) is 6.92 Å². The van der Waals surface area contributed by atoms with E-state index in [1.54, 1.807) is 0 Å². The Labute approximate surface area is 86.9 Å². The Hall–Kier alpha value is -0.120. The van der Waals surface area contributed by atoms with Gasteiger partial charge in [0.25, 0.3) is 0 Å². The first-order valence-corrected chi connectivity index (χ1v) is 5.79. The summed E-state index contributed by atoms with van der Waals surface area (Å²) in [6.45, 7) is 4.14. The maximum Gasteiger partial charge on any atom is 0.0727 e. The fraction of sp³-hybridized carbons (Fsp3) is 1.00. The van der Waals surface area contributed by atoms with Crippen LogP contribution in [0.5, 0.6) is 0 Å². The number of nitrogens with two attached hydrogens (primary N) is 1. The fourth-order valence-corrected chi connectivity index (χ4v) is 1.91. The molecule has 84 valence electrons. The van der Waals surface area contributed by atoms with E-state index in [0.717, 1.165) is 19.4 Å². The van der Waals surface area contributed by atoms with Gasteiger partial charge < -0.3 is 15.2 Å². The molecule has 0 saturated heterocycles. The van der Waals surface area contributed by atoms with E-state index in [1.165, 1.54) is 19.3 Å². The minimum atomic E-state index is 0.235. The lowest BCUT2D eigenvalue weighted by atomic mass is 10.1. The van der Waals surface area contributed by atoms with Crippen LogP contribution in [-0.2, 0) is 9.47 Å². The lowest BCUT2D eigenvalue weighted by molar-refractivity contribution is -0.00627.